The Morgan fingerprint density at radius 2 is 1.82 bits per heavy atom. The van der Waals surface area contributed by atoms with Crippen LogP contribution in [0.25, 0.3) is 0 Å². The lowest BCUT2D eigenvalue weighted by molar-refractivity contribution is -0.139. The van der Waals surface area contributed by atoms with E-state index in [9.17, 15) is 9.90 Å². The molecule has 0 bridgehead atoms. The van der Waals surface area contributed by atoms with Gasteiger partial charge in [0.15, 0.2) is 0 Å². The molecule has 0 radical (unpaired) electrons. The molecule has 2 aromatic carbocycles. The second-order valence-corrected chi connectivity index (χ2v) is 5.65. The maximum absolute atomic E-state index is 11.6. The van der Waals surface area contributed by atoms with Crippen LogP contribution in [0.1, 0.15) is 34.6 Å². The first-order valence-electron chi connectivity index (χ1n) is 7.47. The molecule has 0 heterocycles. The fourth-order valence-corrected chi connectivity index (χ4v) is 2.55. The molecule has 2 aromatic rings. The molecule has 0 amide bonds. The van der Waals surface area contributed by atoms with Crippen LogP contribution in [0.15, 0.2) is 42.5 Å². The van der Waals surface area contributed by atoms with Gasteiger partial charge in [0.2, 0.25) is 0 Å². The first kappa shape index (κ1) is 16.1. The molecule has 1 atom stereocenters. The number of hydrogen-bond donors (Lipinski definition) is 1. The minimum atomic E-state index is -0.804. The van der Waals surface area contributed by atoms with E-state index in [2.05, 4.69) is 0 Å². The SMILES string of the molecule is Cc1ccc(C)c(C(CCOc2ccccc2C)C(=O)O)c1. The molecule has 0 saturated carbocycles. The van der Waals surface area contributed by atoms with Gasteiger partial charge < -0.3 is 9.84 Å². The topological polar surface area (TPSA) is 46.5 Å². The third-order valence-electron chi connectivity index (χ3n) is 3.87. The van der Waals surface area contributed by atoms with Crippen molar-refractivity contribution < 1.29 is 14.6 Å². The van der Waals surface area contributed by atoms with Crippen molar-refractivity contribution in [3.63, 3.8) is 0 Å². The van der Waals surface area contributed by atoms with Crippen molar-refractivity contribution in [3.8, 4) is 5.75 Å². The summed E-state index contributed by atoms with van der Waals surface area (Å²) in [4.78, 5) is 11.6. The van der Waals surface area contributed by atoms with Crippen LogP contribution in [0.2, 0.25) is 0 Å². The van der Waals surface area contributed by atoms with Crippen molar-refractivity contribution in [3.05, 3.63) is 64.7 Å². The molecular weight excluding hydrogens is 276 g/mol. The van der Waals surface area contributed by atoms with E-state index >= 15 is 0 Å². The summed E-state index contributed by atoms with van der Waals surface area (Å²) in [6, 6.07) is 13.7. The number of ether oxygens (including phenoxy) is 1. The van der Waals surface area contributed by atoms with Crippen LogP contribution in [0.5, 0.6) is 5.75 Å². The zero-order chi connectivity index (χ0) is 16.1. The maximum atomic E-state index is 11.6. The van der Waals surface area contributed by atoms with Crippen LogP contribution in [-0.2, 0) is 4.79 Å². The van der Waals surface area contributed by atoms with Crippen LogP contribution >= 0.6 is 0 Å². The Kier molecular flexibility index (Phi) is 5.21. The van der Waals surface area contributed by atoms with Gasteiger partial charge in [-0.15, -0.1) is 0 Å². The van der Waals surface area contributed by atoms with Gasteiger partial charge in [0, 0.05) is 0 Å². The first-order valence-corrected chi connectivity index (χ1v) is 7.47. The number of benzene rings is 2. The molecule has 0 aliphatic rings. The molecule has 2 rings (SSSR count). The third-order valence-corrected chi connectivity index (χ3v) is 3.87. The third kappa shape index (κ3) is 3.88. The van der Waals surface area contributed by atoms with Crippen molar-refractivity contribution in [1.29, 1.82) is 0 Å². The van der Waals surface area contributed by atoms with Gasteiger partial charge in [-0.3, -0.25) is 4.79 Å². The minimum Gasteiger partial charge on any atom is -0.493 e. The van der Waals surface area contributed by atoms with Crippen LogP contribution in [0.3, 0.4) is 0 Å². The minimum absolute atomic E-state index is 0.384. The van der Waals surface area contributed by atoms with Crippen LogP contribution in [-0.4, -0.2) is 17.7 Å². The fraction of sp³-hybridized carbons (Fsp3) is 0.316. The smallest absolute Gasteiger partial charge is 0.311 e. The van der Waals surface area contributed by atoms with Crippen LogP contribution in [0, 0.1) is 20.8 Å². The van der Waals surface area contributed by atoms with E-state index in [0.29, 0.717) is 13.0 Å². The van der Waals surface area contributed by atoms with Gasteiger partial charge in [-0.2, -0.15) is 0 Å². The lowest BCUT2D eigenvalue weighted by atomic mass is 9.91. The standard InChI is InChI=1S/C19H22O3/c1-13-8-9-14(2)17(12-13)16(19(20)21)10-11-22-18-7-5-4-6-15(18)3/h4-9,12,16H,10-11H2,1-3H3,(H,20,21). The highest BCUT2D eigenvalue weighted by Gasteiger charge is 2.21. The molecule has 0 aromatic heterocycles. The molecule has 3 nitrogen and oxygen atoms in total. The zero-order valence-corrected chi connectivity index (χ0v) is 13.3. The van der Waals surface area contributed by atoms with E-state index in [1.54, 1.807) is 0 Å². The number of carbonyl (C=O) groups is 1. The number of rotatable bonds is 6. The average molecular weight is 298 g/mol. The Labute approximate surface area is 131 Å². The second kappa shape index (κ2) is 7.12. The molecule has 1 N–H and O–H groups in total. The number of aliphatic carboxylic acids is 1. The summed E-state index contributed by atoms with van der Waals surface area (Å²) < 4.78 is 5.75. The van der Waals surface area contributed by atoms with Gasteiger partial charge >= 0.3 is 5.97 Å². The maximum Gasteiger partial charge on any atom is 0.311 e. The molecule has 22 heavy (non-hydrogen) atoms. The van der Waals surface area contributed by atoms with Gasteiger partial charge in [0.05, 0.1) is 12.5 Å². The molecule has 1 unspecified atom stereocenters. The number of aryl methyl sites for hydroxylation is 3. The Morgan fingerprint density at radius 3 is 2.50 bits per heavy atom. The highest BCUT2D eigenvalue weighted by Crippen LogP contribution is 2.25. The normalized spacial score (nSPS) is 12.0. The highest BCUT2D eigenvalue weighted by molar-refractivity contribution is 5.76. The van der Waals surface area contributed by atoms with E-state index in [4.69, 9.17) is 4.74 Å². The second-order valence-electron chi connectivity index (χ2n) is 5.65. The zero-order valence-electron chi connectivity index (χ0n) is 13.3. The van der Waals surface area contributed by atoms with Crippen molar-refractivity contribution in [2.75, 3.05) is 6.61 Å². The molecule has 116 valence electrons. The predicted octanol–water partition coefficient (Wildman–Crippen LogP) is 4.25. The largest absolute Gasteiger partial charge is 0.493 e. The van der Waals surface area contributed by atoms with E-state index in [1.165, 1.54) is 0 Å². The predicted molar refractivity (Wildman–Crippen MR) is 87.6 cm³/mol. The summed E-state index contributed by atoms with van der Waals surface area (Å²) >= 11 is 0. The van der Waals surface area contributed by atoms with Crippen molar-refractivity contribution >= 4 is 5.97 Å². The van der Waals surface area contributed by atoms with E-state index in [-0.39, 0.29) is 0 Å². The Bertz CT molecular complexity index is 661. The summed E-state index contributed by atoms with van der Waals surface area (Å²) in [5.74, 6) is -0.529. The van der Waals surface area contributed by atoms with E-state index in [0.717, 1.165) is 28.0 Å². The summed E-state index contributed by atoms with van der Waals surface area (Å²) in [7, 11) is 0. The van der Waals surface area contributed by atoms with Crippen molar-refractivity contribution in [1.82, 2.24) is 0 Å². The van der Waals surface area contributed by atoms with Gasteiger partial charge in [-0.05, 0) is 49.9 Å². The van der Waals surface area contributed by atoms with E-state index < -0.39 is 11.9 Å². The number of carboxylic acids is 1. The van der Waals surface area contributed by atoms with Gasteiger partial charge in [-0.25, -0.2) is 0 Å². The van der Waals surface area contributed by atoms with E-state index in [1.807, 2.05) is 63.2 Å². The van der Waals surface area contributed by atoms with Crippen molar-refractivity contribution in [2.24, 2.45) is 0 Å². The number of carboxylic acid groups (broad SMARTS) is 1. The lowest BCUT2D eigenvalue weighted by Crippen LogP contribution is -2.16. The lowest BCUT2D eigenvalue weighted by Gasteiger charge is -2.17. The Balaban J connectivity index is 2.08. The summed E-state index contributed by atoms with van der Waals surface area (Å²) in [6.45, 7) is 6.29. The van der Waals surface area contributed by atoms with Gasteiger partial charge in [-0.1, -0.05) is 42.0 Å². The quantitative estimate of drug-likeness (QED) is 0.867. The average Bonchev–Trinajstić information content (AvgIpc) is 2.48. The monoisotopic (exact) mass is 298 g/mol. The van der Waals surface area contributed by atoms with Crippen LogP contribution < -0.4 is 4.74 Å². The summed E-state index contributed by atoms with van der Waals surface area (Å²) in [6.07, 6.45) is 0.452. The molecule has 0 fully saturated rings. The fourth-order valence-electron chi connectivity index (χ4n) is 2.55. The van der Waals surface area contributed by atoms with Crippen molar-refractivity contribution in [2.45, 2.75) is 33.1 Å². The Morgan fingerprint density at radius 1 is 1.09 bits per heavy atom. The first-order chi connectivity index (χ1) is 10.5. The Hall–Kier alpha value is -2.29. The van der Waals surface area contributed by atoms with Gasteiger partial charge in [0.25, 0.3) is 0 Å². The van der Waals surface area contributed by atoms with Crippen LogP contribution in [0.4, 0.5) is 0 Å². The molecule has 0 saturated heterocycles. The molecule has 0 aliphatic heterocycles. The number of para-hydroxylation sites is 1. The molecule has 0 spiro atoms. The summed E-state index contributed by atoms with van der Waals surface area (Å²) in [5, 5.41) is 9.54. The summed E-state index contributed by atoms with van der Waals surface area (Å²) in [5.41, 5.74) is 4.02. The number of hydrogen-bond acceptors (Lipinski definition) is 2. The van der Waals surface area contributed by atoms with Gasteiger partial charge in [0.1, 0.15) is 5.75 Å². The molecule has 0 aliphatic carbocycles. The highest BCUT2D eigenvalue weighted by atomic mass is 16.5. The molecule has 3 heteroatoms. The molecular formula is C19H22O3.